The number of aromatic amines is 1. The Labute approximate surface area is 97.1 Å². The highest BCUT2D eigenvalue weighted by atomic mass is 15.1. The third-order valence-corrected chi connectivity index (χ3v) is 3.44. The van der Waals surface area contributed by atoms with Gasteiger partial charge < -0.3 is 9.88 Å². The van der Waals surface area contributed by atoms with E-state index in [2.05, 4.69) is 34.1 Å². The minimum absolute atomic E-state index is 0.652. The maximum absolute atomic E-state index is 5.76. The number of aromatic nitrogens is 1. The van der Waals surface area contributed by atoms with E-state index in [1.54, 1.807) is 0 Å². The lowest BCUT2D eigenvalue weighted by molar-refractivity contribution is 0.316. The smallest absolute Gasteiger partial charge is 0.0863 e. The number of fused-ring (bicyclic) bond motifs is 3. The zero-order valence-electron chi connectivity index (χ0n) is 9.37. The Balaban J connectivity index is 2.12. The number of nitrogens with zero attached hydrogens (tertiary/aromatic N) is 1. The topological polar surface area (TPSA) is 19.0 Å². The average Bonchev–Trinajstić information content (AvgIpc) is 2.54. The lowest BCUT2D eigenvalue weighted by atomic mass is 10.1. The molecule has 0 bridgehead atoms. The van der Waals surface area contributed by atoms with Crippen LogP contribution in [-0.2, 0) is 13.0 Å². The summed E-state index contributed by atoms with van der Waals surface area (Å²) in [4.78, 5) is 5.84. The standard InChI is InChI=1S/C13H15BN2/c14-9-16-7-3-6-13-11(8-16)10-4-1-2-5-12(10)15-13/h1-2,4-5,15H,3,6-9H2. The van der Waals surface area contributed by atoms with Crippen LogP contribution in [0.25, 0.3) is 10.9 Å². The fourth-order valence-electron chi connectivity index (χ4n) is 2.59. The maximum Gasteiger partial charge on any atom is 0.0863 e. The number of para-hydroxylation sites is 1. The molecule has 1 N–H and O–H groups in total. The predicted octanol–water partition coefficient (Wildman–Crippen LogP) is 2.04. The van der Waals surface area contributed by atoms with Crippen molar-refractivity contribution in [1.29, 1.82) is 0 Å². The molecule has 0 fully saturated rings. The van der Waals surface area contributed by atoms with Gasteiger partial charge in [0.25, 0.3) is 0 Å². The highest BCUT2D eigenvalue weighted by Crippen LogP contribution is 2.26. The third-order valence-electron chi connectivity index (χ3n) is 3.44. The van der Waals surface area contributed by atoms with Crippen molar-refractivity contribution in [3.05, 3.63) is 35.5 Å². The monoisotopic (exact) mass is 210 g/mol. The number of hydrogen-bond acceptors (Lipinski definition) is 1. The van der Waals surface area contributed by atoms with Crippen LogP contribution in [0.2, 0.25) is 0 Å². The van der Waals surface area contributed by atoms with E-state index < -0.39 is 0 Å². The molecule has 0 aliphatic carbocycles. The Kier molecular flexibility index (Phi) is 2.48. The normalized spacial score (nSPS) is 17.2. The van der Waals surface area contributed by atoms with Crippen LogP contribution >= 0.6 is 0 Å². The molecule has 2 heterocycles. The first-order chi connectivity index (χ1) is 7.88. The third kappa shape index (κ3) is 1.56. The van der Waals surface area contributed by atoms with Gasteiger partial charge in [-0.3, -0.25) is 0 Å². The molecule has 2 aromatic rings. The molecule has 0 spiro atoms. The predicted molar refractivity (Wildman–Crippen MR) is 67.7 cm³/mol. The van der Waals surface area contributed by atoms with E-state index in [1.165, 1.54) is 28.6 Å². The second-order valence-electron chi connectivity index (χ2n) is 4.47. The Morgan fingerprint density at radius 3 is 3.06 bits per heavy atom. The van der Waals surface area contributed by atoms with Gasteiger partial charge in [-0.2, -0.15) is 0 Å². The van der Waals surface area contributed by atoms with E-state index in [0.717, 1.165) is 19.5 Å². The quantitative estimate of drug-likeness (QED) is 0.713. The number of H-pyrrole nitrogens is 1. The molecule has 0 saturated carbocycles. The molecule has 1 aromatic heterocycles. The molecule has 80 valence electrons. The van der Waals surface area contributed by atoms with Crippen LogP contribution in [0.5, 0.6) is 0 Å². The van der Waals surface area contributed by atoms with Crippen molar-refractivity contribution in [2.24, 2.45) is 0 Å². The van der Waals surface area contributed by atoms with Gasteiger partial charge in [-0.05, 0) is 37.5 Å². The van der Waals surface area contributed by atoms with E-state index in [9.17, 15) is 0 Å². The largest absolute Gasteiger partial charge is 0.358 e. The minimum atomic E-state index is 0.652. The first-order valence-electron chi connectivity index (χ1n) is 5.89. The molecule has 2 radical (unpaired) electrons. The van der Waals surface area contributed by atoms with Crippen molar-refractivity contribution in [3.63, 3.8) is 0 Å². The molecule has 0 amide bonds. The van der Waals surface area contributed by atoms with Gasteiger partial charge in [0.2, 0.25) is 0 Å². The van der Waals surface area contributed by atoms with Gasteiger partial charge in [-0.15, -0.1) is 0 Å². The lowest BCUT2D eigenvalue weighted by Crippen LogP contribution is -2.24. The number of aryl methyl sites for hydroxylation is 1. The molecule has 0 saturated heterocycles. The summed E-state index contributed by atoms with van der Waals surface area (Å²) in [6.07, 6.45) is 2.98. The molecule has 3 rings (SSSR count). The van der Waals surface area contributed by atoms with E-state index in [0.29, 0.717) is 6.44 Å². The zero-order chi connectivity index (χ0) is 11.0. The Morgan fingerprint density at radius 1 is 1.31 bits per heavy atom. The molecule has 1 aromatic carbocycles. The summed E-state index contributed by atoms with van der Waals surface area (Å²) in [5.41, 5.74) is 4.10. The van der Waals surface area contributed by atoms with Crippen molar-refractivity contribution < 1.29 is 0 Å². The van der Waals surface area contributed by atoms with Crippen molar-refractivity contribution in [3.8, 4) is 0 Å². The van der Waals surface area contributed by atoms with Crippen molar-refractivity contribution in [2.45, 2.75) is 19.4 Å². The Morgan fingerprint density at radius 2 is 2.19 bits per heavy atom. The fraction of sp³-hybridized carbons (Fsp3) is 0.385. The summed E-state index contributed by atoms with van der Waals surface area (Å²) in [6.45, 7) is 2.09. The minimum Gasteiger partial charge on any atom is -0.358 e. The molecule has 0 unspecified atom stereocenters. The SMILES string of the molecule is [B]CN1CCCc2[nH]c3ccccc3c2C1. The van der Waals surface area contributed by atoms with Gasteiger partial charge in [0.15, 0.2) is 0 Å². The lowest BCUT2D eigenvalue weighted by Gasteiger charge is -2.17. The summed E-state index contributed by atoms with van der Waals surface area (Å²) >= 11 is 0. The fourth-order valence-corrected chi connectivity index (χ4v) is 2.59. The maximum atomic E-state index is 5.76. The summed E-state index contributed by atoms with van der Waals surface area (Å²) in [5.74, 6) is 0. The van der Waals surface area contributed by atoms with E-state index in [1.807, 2.05) is 0 Å². The molecular formula is C13H15BN2. The molecule has 1 aliphatic heterocycles. The summed E-state index contributed by atoms with van der Waals surface area (Å²) in [5, 5.41) is 1.36. The summed E-state index contributed by atoms with van der Waals surface area (Å²) in [6, 6.07) is 8.54. The number of nitrogens with one attached hydrogen (secondary N) is 1. The van der Waals surface area contributed by atoms with Crippen molar-refractivity contribution >= 4 is 18.7 Å². The van der Waals surface area contributed by atoms with Crippen LogP contribution in [0.3, 0.4) is 0 Å². The first-order valence-corrected chi connectivity index (χ1v) is 5.89. The van der Waals surface area contributed by atoms with Gasteiger partial charge in [0.1, 0.15) is 0 Å². The number of benzene rings is 1. The number of rotatable bonds is 1. The molecule has 0 atom stereocenters. The van der Waals surface area contributed by atoms with Crippen LogP contribution < -0.4 is 0 Å². The van der Waals surface area contributed by atoms with Crippen LogP contribution in [-0.4, -0.2) is 30.7 Å². The molecule has 16 heavy (non-hydrogen) atoms. The van der Waals surface area contributed by atoms with Gasteiger partial charge in [-0.25, -0.2) is 0 Å². The van der Waals surface area contributed by atoms with E-state index >= 15 is 0 Å². The van der Waals surface area contributed by atoms with Gasteiger partial charge >= 0.3 is 0 Å². The van der Waals surface area contributed by atoms with Crippen LogP contribution in [0.4, 0.5) is 0 Å². The second kappa shape index (κ2) is 3.98. The van der Waals surface area contributed by atoms with Crippen molar-refractivity contribution in [2.75, 3.05) is 13.0 Å². The molecular weight excluding hydrogens is 195 g/mol. The van der Waals surface area contributed by atoms with Crippen LogP contribution in [0.1, 0.15) is 17.7 Å². The second-order valence-corrected chi connectivity index (χ2v) is 4.47. The van der Waals surface area contributed by atoms with Crippen LogP contribution in [0, 0.1) is 0 Å². The van der Waals surface area contributed by atoms with Gasteiger partial charge in [0.05, 0.1) is 7.85 Å². The molecule has 2 nitrogen and oxygen atoms in total. The molecule has 1 aliphatic rings. The summed E-state index contributed by atoms with van der Waals surface area (Å²) in [7, 11) is 5.76. The zero-order valence-corrected chi connectivity index (χ0v) is 9.37. The Hall–Kier alpha value is -1.22. The highest BCUT2D eigenvalue weighted by Gasteiger charge is 2.17. The van der Waals surface area contributed by atoms with E-state index in [4.69, 9.17) is 7.85 Å². The Bertz CT molecular complexity index is 504. The summed E-state index contributed by atoms with van der Waals surface area (Å²) < 4.78 is 0. The van der Waals surface area contributed by atoms with Gasteiger partial charge in [-0.1, -0.05) is 18.2 Å². The highest BCUT2D eigenvalue weighted by molar-refractivity contribution is 6.08. The van der Waals surface area contributed by atoms with Crippen LogP contribution in [0.15, 0.2) is 24.3 Å². The van der Waals surface area contributed by atoms with Crippen molar-refractivity contribution in [1.82, 2.24) is 9.88 Å². The number of hydrogen-bond donors (Lipinski definition) is 1. The van der Waals surface area contributed by atoms with Gasteiger partial charge in [0, 0.05) is 23.1 Å². The first kappa shape index (κ1) is 9.97. The van der Waals surface area contributed by atoms with E-state index in [-0.39, 0.29) is 0 Å². The molecule has 3 heteroatoms. The average molecular weight is 210 g/mol.